The number of nitrogens with zero attached hydrogens (tertiary/aromatic N) is 1. The summed E-state index contributed by atoms with van der Waals surface area (Å²) >= 11 is 1.48. The minimum atomic E-state index is -1.09. The number of carbonyl (C=O) groups is 4. The lowest BCUT2D eigenvalue weighted by Gasteiger charge is -2.11. The van der Waals surface area contributed by atoms with Crippen molar-refractivity contribution in [3.63, 3.8) is 0 Å². The van der Waals surface area contributed by atoms with Gasteiger partial charge in [0.05, 0.1) is 24.0 Å². The molecule has 2 heterocycles. The van der Waals surface area contributed by atoms with Crippen LogP contribution in [0.4, 0.5) is 5.69 Å². The Hall–Kier alpha value is -3.00. The highest BCUT2D eigenvalue weighted by atomic mass is 32.1. The summed E-state index contributed by atoms with van der Waals surface area (Å²) in [7, 11) is 0. The van der Waals surface area contributed by atoms with Crippen LogP contribution in [0, 0.1) is 0 Å². The van der Waals surface area contributed by atoms with Gasteiger partial charge in [-0.1, -0.05) is 6.07 Å². The van der Waals surface area contributed by atoms with Gasteiger partial charge in [-0.25, -0.2) is 0 Å². The lowest BCUT2D eigenvalue weighted by atomic mass is 10.1. The van der Waals surface area contributed by atoms with Crippen LogP contribution < -0.4 is 5.32 Å². The van der Waals surface area contributed by atoms with Gasteiger partial charge in [-0.3, -0.25) is 24.1 Å². The summed E-state index contributed by atoms with van der Waals surface area (Å²) in [5.41, 5.74) is 0.803. The van der Waals surface area contributed by atoms with E-state index in [4.69, 9.17) is 5.11 Å². The quantitative estimate of drug-likeness (QED) is 0.769. The molecule has 2 N–H and O–H groups in total. The van der Waals surface area contributed by atoms with E-state index in [1.54, 1.807) is 6.07 Å². The van der Waals surface area contributed by atoms with Crippen molar-refractivity contribution < 1.29 is 24.3 Å². The molecule has 0 unspecified atom stereocenters. The van der Waals surface area contributed by atoms with E-state index in [0.29, 0.717) is 5.69 Å². The lowest BCUT2D eigenvalue weighted by molar-refractivity contribution is -0.137. The van der Waals surface area contributed by atoms with Crippen molar-refractivity contribution in [2.75, 3.05) is 11.9 Å². The zero-order chi connectivity index (χ0) is 18.0. The Labute approximate surface area is 146 Å². The van der Waals surface area contributed by atoms with Gasteiger partial charge in [0.1, 0.15) is 0 Å². The fourth-order valence-corrected chi connectivity index (χ4v) is 3.26. The van der Waals surface area contributed by atoms with Crippen LogP contribution >= 0.6 is 11.3 Å². The van der Waals surface area contributed by atoms with E-state index in [-0.39, 0.29) is 36.4 Å². The molecule has 25 heavy (non-hydrogen) atoms. The monoisotopic (exact) mass is 358 g/mol. The maximum Gasteiger partial charge on any atom is 0.305 e. The Morgan fingerprint density at radius 2 is 1.88 bits per heavy atom. The van der Waals surface area contributed by atoms with Crippen LogP contribution in [0.5, 0.6) is 0 Å². The number of hydrogen-bond donors (Lipinski definition) is 2. The minimum absolute atomic E-state index is 0.171. The van der Waals surface area contributed by atoms with Crippen LogP contribution in [0.1, 0.15) is 32.0 Å². The molecular weight excluding hydrogens is 344 g/mol. The van der Waals surface area contributed by atoms with Crippen molar-refractivity contribution in [1.29, 1.82) is 0 Å². The van der Waals surface area contributed by atoms with E-state index in [1.807, 2.05) is 17.5 Å². The first-order chi connectivity index (χ1) is 12.0. The summed E-state index contributed by atoms with van der Waals surface area (Å²) in [4.78, 5) is 49.0. The molecule has 1 aliphatic heterocycles. The number of imide groups is 1. The largest absolute Gasteiger partial charge is 0.481 e. The number of thiophene rings is 1. The molecule has 3 amide bonds. The molecule has 8 heteroatoms. The first-order valence-corrected chi connectivity index (χ1v) is 8.38. The van der Waals surface area contributed by atoms with E-state index in [2.05, 4.69) is 5.32 Å². The second-order valence-electron chi connectivity index (χ2n) is 5.47. The molecule has 3 rings (SSSR count). The Balaban J connectivity index is 1.73. The number of aliphatic carboxylic acids is 1. The van der Waals surface area contributed by atoms with Crippen molar-refractivity contribution in [2.24, 2.45) is 0 Å². The second-order valence-corrected chi connectivity index (χ2v) is 6.50. The van der Waals surface area contributed by atoms with Crippen LogP contribution in [-0.2, 0) is 16.0 Å². The van der Waals surface area contributed by atoms with E-state index < -0.39 is 17.8 Å². The van der Waals surface area contributed by atoms with Crippen LogP contribution in [-0.4, -0.2) is 40.2 Å². The number of anilines is 1. The van der Waals surface area contributed by atoms with Gasteiger partial charge in [0.15, 0.2) is 0 Å². The molecule has 1 aromatic heterocycles. The lowest BCUT2D eigenvalue weighted by Crippen LogP contribution is -2.31. The third-order valence-corrected chi connectivity index (χ3v) is 4.59. The number of nitrogens with one attached hydrogen (secondary N) is 1. The topological polar surface area (TPSA) is 104 Å². The minimum Gasteiger partial charge on any atom is -0.481 e. The second kappa shape index (κ2) is 6.86. The fraction of sp³-hybridized carbons (Fsp3) is 0.176. The first kappa shape index (κ1) is 16.8. The number of benzene rings is 1. The van der Waals surface area contributed by atoms with Gasteiger partial charge in [-0.2, -0.15) is 0 Å². The van der Waals surface area contributed by atoms with Gasteiger partial charge in [0.2, 0.25) is 5.91 Å². The van der Waals surface area contributed by atoms with Crippen molar-refractivity contribution in [2.45, 2.75) is 12.8 Å². The van der Waals surface area contributed by atoms with Gasteiger partial charge in [-0.05, 0) is 29.6 Å². The number of fused-ring (bicyclic) bond motifs is 1. The predicted molar refractivity (Wildman–Crippen MR) is 90.7 cm³/mol. The third-order valence-electron chi connectivity index (χ3n) is 3.72. The predicted octanol–water partition coefficient (Wildman–Crippen LogP) is 2.00. The molecule has 1 aromatic carbocycles. The van der Waals surface area contributed by atoms with Crippen molar-refractivity contribution in [3.05, 3.63) is 51.7 Å². The Kier molecular flexibility index (Phi) is 4.62. The molecule has 0 atom stereocenters. The highest BCUT2D eigenvalue weighted by Gasteiger charge is 2.35. The van der Waals surface area contributed by atoms with Crippen LogP contribution in [0.3, 0.4) is 0 Å². The maximum absolute atomic E-state index is 12.3. The van der Waals surface area contributed by atoms with Crippen LogP contribution in [0.2, 0.25) is 0 Å². The molecule has 0 radical (unpaired) electrons. The van der Waals surface area contributed by atoms with E-state index >= 15 is 0 Å². The van der Waals surface area contributed by atoms with Gasteiger partial charge in [-0.15, -0.1) is 11.3 Å². The highest BCUT2D eigenvalue weighted by molar-refractivity contribution is 7.10. The standard InChI is InChI=1S/C17H14N2O5S/c20-14(9-11-2-1-7-25-11)18-10-3-4-12-13(8-10)17(24)19(16(12)23)6-5-15(21)22/h1-4,7-8H,5-6,9H2,(H,18,20)(H,21,22). The van der Waals surface area contributed by atoms with E-state index in [1.165, 1.54) is 23.5 Å². The van der Waals surface area contributed by atoms with Crippen molar-refractivity contribution in [1.82, 2.24) is 4.90 Å². The molecule has 128 valence electrons. The number of carboxylic acids is 1. The number of amides is 3. The molecule has 0 saturated heterocycles. The average molecular weight is 358 g/mol. The Morgan fingerprint density at radius 3 is 2.56 bits per heavy atom. The van der Waals surface area contributed by atoms with Crippen LogP contribution in [0.25, 0.3) is 0 Å². The van der Waals surface area contributed by atoms with Gasteiger partial charge >= 0.3 is 5.97 Å². The number of carboxylic acid groups (broad SMARTS) is 1. The maximum atomic E-state index is 12.3. The first-order valence-electron chi connectivity index (χ1n) is 7.50. The highest BCUT2D eigenvalue weighted by Crippen LogP contribution is 2.26. The summed E-state index contributed by atoms with van der Waals surface area (Å²) in [5.74, 6) is -2.37. The number of hydrogen-bond acceptors (Lipinski definition) is 5. The molecule has 0 fully saturated rings. The zero-order valence-corrected chi connectivity index (χ0v) is 13.8. The molecule has 0 spiro atoms. The summed E-state index contributed by atoms with van der Waals surface area (Å²) in [6.45, 7) is -0.179. The van der Waals surface area contributed by atoms with Gasteiger partial charge in [0, 0.05) is 17.1 Å². The summed E-state index contributed by atoms with van der Waals surface area (Å²) in [6, 6.07) is 8.19. The average Bonchev–Trinajstić information content (AvgIpc) is 3.14. The summed E-state index contributed by atoms with van der Waals surface area (Å²) < 4.78 is 0. The van der Waals surface area contributed by atoms with Gasteiger partial charge < -0.3 is 10.4 Å². The number of rotatable bonds is 6. The molecular formula is C17H14N2O5S. The SMILES string of the molecule is O=C(O)CCN1C(=O)c2ccc(NC(=O)Cc3cccs3)cc2C1=O. The normalized spacial score (nSPS) is 13.0. The number of carbonyl (C=O) groups excluding carboxylic acids is 3. The molecule has 1 aliphatic rings. The summed E-state index contributed by atoms with van der Waals surface area (Å²) in [6.07, 6.45) is -0.0811. The molecule has 0 saturated carbocycles. The Bertz CT molecular complexity index is 860. The van der Waals surface area contributed by atoms with Crippen molar-refractivity contribution in [3.8, 4) is 0 Å². The third kappa shape index (κ3) is 3.58. The van der Waals surface area contributed by atoms with Gasteiger partial charge in [0.25, 0.3) is 11.8 Å². The summed E-state index contributed by atoms with van der Waals surface area (Å²) in [5, 5.41) is 13.3. The van der Waals surface area contributed by atoms with E-state index in [0.717, 1.165) is 9.78 Å². The van der Waals surface area contributed by atoms with E-state index in [9.17, 15) is 19.2 Å². The smallest absolute Gasteiger partial charge is 0.305 e. The molecule has 7 nitrogen and oxygen atoms in total. The zero-order valence-electron chi connectivity index (χ0n) is 13.0. The molecule has 2 aromatic rings. The fourth-order valence-electron chi connectivity index (χ4n) is 2.56. The molecule has 0 bridgehead atoms. The Morgan fingerprint density at radius 1 is 1.12 bits per heavy atom. The van der Waals surface area contributed by atoms with Crippen molar-refractivity contribution >= 4 is 40.7 Å². The van der Waals surface area contributed by atoms with Crippen LogP contribution in [0.15, 0.2) is 35.7 Å². The molecule has 0 aliphatic carbocycles.